The Morgan fingerprint density at radius 2 is 2.05 bits per heavy atom. The van der Waals surface area contributed by atoms with Gasteiger partial charge in [-0.25, -0.2) is 15.0 Å². The molecule has 0 fully saturated rings. The first-order valence-electron chi connectivity index (χ1n) is 5.85. The maximum Gasteiger partial charge on any atom is 0.207 e. The second-order valence-electron chi connectivity index (χ2n) is 4.31. The van der Waals surface area contributed by atoms with Crippen LogP contribution >= 0.6 is 27.3 Å². The molecule has 0 aliphatic carbocycles. The number of benzene rings is 1. The Bertz CT molecular complexity index is 942. The molecule has 0 radical (unpaired) electrons. The lowest BCUT2D eigenvalue weighted by Crippen LogP contribution is -2.01. The van der Waals surface area contributed by atoms with E-state index in [0.29, 0.717) is 5.95 Å². The summed E-state index contributed by atoms with van der Waals surface area (Å²) < 4.78 is 3.84. The third-order valence-electron chi connectivity index (χ3n) is 3.06. The van der Waals surface area contributed by atoms with Crippen molar-refractivity contribution in [2.24, 2.45) is 0 Å². The van der Waals surface area contributed by atoms with Gasteiger partial charge in [0.1, 0.15) is 5.52 Å². The molecule has 3 aromatic heterocycles. The highest BCUT2D eigenvalue weighted by Gasteiger charge is 2.12. The number of nitrogen functional groups attached to an aromatic ring is 1. The summed E-state index contributed by atoms with van der Waals surface area (Å²) in [4.78, 5) is 13.0. The lowest BCUT2D eigenvalue weighted by molar-refractivity contribution is 1.09. The number of aromatic nitrogens is 4. The van der Waals surface area contributed by atoms with E-state index in [-0.39, 0.29) is 0 Å². The standard InChI is InChI=1S/C13H8BrN5S/c14-7-3-10-12(16-5-7)19(13(15)18-10)8-1-2-9-11(4-8)20-6-17-9/h1-6H,(H2,15,18). The highest BCUT2D eigenvalue weighted by Crippen LogP contribution is 2.27. The first kappa shape index (κ1) is 11.8. The molecule has 0 spiro atoms. The maximum absolute atomic E-state index is 6.04. The molecule has 3 heterocycles. The molecular formula is C13H8BrN5S. The van der Waals surface area contributed by atoms with Gasteiger partial charge in [-0.2, -0.15) is 0 Å². The molecule has 0 saturated heterocycles. The summed E-state index contributed by atoms with van der Waals surface area (Å²) in [6.07, 6.45) is 1.74. The fraction of sp³-hybridized carbons (Fsp3) is 0. The van der Waals surface area contributed by atoms with Gasteiger partial charge in [0.05, 0.1) is 21.4 Å². The van der Waals surface area contributed by atoms with Crippen LogP contribution in [0.25, 0.3) is 27.1 Å². The highest BCUT2D eigenvalue weighted by atomic mass is 79.9. The van der Waals surface area contributed by atoms with Gasteiger partial charge in [-0.1, -0.05) is 0 Å². The number of rotatable bonds is 1. The molecule has 0 bridgehead atoms. The third-order valence-corrected chi connectivity index (χ3v) is 4.29. The summed E-state index contributed by atoms with van der Waals surface area (Å²) in [6.45, 7) is 0. The Morgan fingerprint density at radius 1 is 1.15 bits per heavy atom. The number of nitrogens with two attached hydrogens (primary N) is 1. The van der Waals surface area contributed by atoms with E-state index in [1.807, 2.05) is 34.3 Å². The Labute approximate surface area is 126 Å². The number of imidazole rings is 1. The molecule has 0 unspecified atom stereocenters. The quantitative estimate of drug-likeness (QED) is 0.574. The largest absolute Gasteiger partial charge is 0.369 e. The predicted octanol–water partition coefficient (Wildman–Crippen LogP) is 3.37. The number of hydrogen-bond acceptors (Lipinski definition) is 5. The molecule has 0 saturated carbocycles. The van der Waals surface area contributed by atoms with Crippen LogP contribution in [0.5, 0.6) is 0 Å². The van der Waals surface area contributed by atoms with Crippen molar-refractivity contribution in [2.75, 3.05) is 5.73 Å². The fourth-order valence-electron chi connectivity index (χ4n) is 2.20. The molecule has 98 valence electrons. The van der Waals surface area contributed by atoms with Crippen LogP contribution in [0, 0.1) is 0 Å². The zero-order valence-corrected chi connectivity index (χ0v) is 12.5. The van der Waals surface area contributed by atoms with Gasteiger partial charge in [0.25, 0.3) is 0 Å². The van der Waals surface area contributed by atoms with Crippen LogP contribution in [0.1, 0.15) is 0 Å². The number of nitrogens with zero attached hydrogens (tertiary/aromatic N) is 4. The number of hydrogen-bond donors (Lipinski definition) is 1. The molecule has 1 aromatic carbocycles. The number of fused-ring (bicyclic) bond motifs is 2. The zero-order chi connectivity index (χ0) is 13.7. The van der Waals surface area contributed by atoms with Crippen LogP contribution in [0.2, 0.25) is 0 Å². The SMILES string of the molecule is Nc1nc2cc(Br)cnc2n1-c1ccc2ncsc2c1. The lowest BCUT2D eigenvalue weighted by atomic mass is 10.3. The summed E-state index contributed by atoms with van der Waals surface area (Å²) in [5.74, 6) is 0.425. The predicted molar refractivity (Wildman–Crippen MR) is 84.2 cm³/mol. The number of pyridine rings is 1. The molecule has 0 aliphatic rings. The Hall–Kier alpha value is -1.99. The van der Waals surface area contributed by atoms with Crippen molar-refractivity contribution >= 4 is 54.6 Å². The third kappa shape index (κ3) is 1.70. The van der Waals surface area contributed by atoms with E-state index in [9.17, 15) is 0 Å². The molecule has 5 nitrogen and oxygen atoms in total. The van der Waals surface area contributed by atoms with Crippen LogP contribution in [-0.4, -0.2) is 19.5 Å². The van der Waals surface area contributed by atoms with Crippen LogP contribution < -0.4 is 5.73 Å². The van der Waals surface area contributed by atoms with E-state index in [0.717, 1.165) is 31.5 Å². The van der Waals surface area contributed by atoms with Crippen molar-refractivity contribution in [3.8, 4) is 5.69 Å². The topological polar surface area (TPSA) is 69.6 Å². The molecule has 0 aliphatic heterocycles. The van der Waals surface area contributed by atoms with Crippen LogP contribution in [0.4, 0.5) is 5.95 Å². The van der Waals surface area contributed by atoms with Gasteiger partial charge in [0.15, 0.2) is 5.65 Å². The minimum absolute atomic E-state index is 0.425. The Morgan fingerprint density at radius 3 is 2.95 bits per heavy atom. The zero-order valence-electron chi connectivity index (χ0n) is 10.1. The number of anilines is 1. The normalized spacial score (nSPS) is 11.4. The summed E-state index contributed by atoms with van der Waals surface area (Å²) in [5.41, 5.74) is 11.3. The van der Waals surface area contributed by atoms with E-state index in [1.54, 1.807) is 17.5 Å². The van der Waals surface area contributed by atoms with E-state index in [2.05, 4.69) is 30.9 Å². The van der Waals surface area contributed by atoms with Crippen molar-refractivity contribution in [3.05, 3.63) is 40.4 Å². The van der Waals surface area contributed by atoms with E-state index in [4.69, 9.17) is 5.73 Å². The van der Waals surface area contributed by atoms with Crippen LogP contribution in [0.15, 0.2) is 40.4 Å². The summed E-state index contributed by atoms with van der Waals surface area (Å²) in [5, 5.41) is 0. The summed E-state index contributed by atoms with van der Waals surface area (Å²) in [6, 6.07) is 7.91. The number of thiazole rings is 1. The van der Waals surface area contributed by atoms with Crippen molar-refractivity contribution in [2.45, 2.75) is 0 Å². The van der Waals surface area contributed by atoms with Gasteiger partial charge in [-0.3, -0.25) is 4.57 Å². The minimum Gasteiger partial charge on any atom is -0.369 e. The minimum atomic E-state index is 0.425. The molecule has 0 atom stereocenters. The molecule has 7 heteroatoms. The van der Waals surface area contributed by atoms with Gasteiger partial charge >= 0.3 is 0 Å². The molecular weight excluding hydrogens is 338 g/mol. The van der Waals surface area contributed by atoms with Crippen molar-refractivity contribution in [1.82, 2.24) is 19.5 Å². The Kier molecular flexibility index (Phi) is 2.51. The second kappa shape index (κ2) is 4.26. The first-order chi connectivity index (χ1) is 9.72. The van der Waals surface area contributed by atoms with Crippen molar-refractivity contribution in [3.63, 3.8) is 0 Å². The molecule has 0 amide bonds. The second-order valence-corrected chi connectivity index (χ2v) is 6.11. The smallest absolute Gasteiger partial charge is 0.207 e. The van der Waals surface area contributed by atoms with Crippen LogP contribution in [0.3, 0.4) is 0 Å². The van der Waals surface area contributed by atoms with Gasteiger partial charge in [-0.15, -0.1) is 11.3 Å². The summed E-state index contributed by atoms with van der Waals surface area (Å²) >= 11 is 4.99. The first-order valence-corrected chi connectivity index (χ1v) is 7.53. The van der Waals surface area contributed by atoms with Gasteiger partial charge < -0.3 is 5.73 Å². The molecule has 20 heavy (non-hydrogen) atoms. The summed E-state index contributed by atoms with van der Waals surface area (Å²) in [7, 11) is 0. The Balaban J connectivity index is 2.03. The number of halogens is 1. The van der Waals surface area contributed by atoms with Gasteiger partial charge in [0.2, 0.25) is 5.95 Å². The van der Waals surface area contributed by atoms with E-state index in [1.165, 1.54) is 0 Å². The molecule has 2 N–H and O–H groups in total. The van der Waals surface area contributed by atoms with E-state index >= 15 is 0 Å². The maximum atomic E-state index is 6.04. The molecule has 4 rings (SSSR count). The van der Waals surface area contributed by atoms with E-state index < -0.39 is 0 Å². The average Bonchev–Trinajstić information content (AvgIpc) is 3.00. The van der Waals surface area contributed by atoms with Crippen molar-refractivity contribution in [1.29, 1.82) is 0 Å². The lowest BCUT2D eigenvalue weighted by Gasteiger charge is -2.05. The van der Waals surface area contributed by atoms with Crippen LogP contribution in [-0.2, 0) is 0 Å². The average molecular weight is 346 g/mol. The fourth-order valence-corrected chi connectivity index (χ4v) is 3.22. The molecule has 4 aromatic rings. The highest BCUT2D eigenvalue weighted by molar-refractivity contribution is 9.10. The van der Waals surface area contributed by atoms with Gasteiger partial charge in [-0.05, 0) is 40.2 Å². The monoisotopic (exact) mass is 345 g/mol. The van der Waals surface area contributed by atoms with Gasteiger partial charge in [0, 0.05) is 10.7 Å². The van der Waals surface area contributed by atoms with Crippen molar-refractivity contribution < 1.29 is 0 Å².